The molecule has 2 rings (SSSR count). The molecule has 7 heteroatoms. The lowest BCUT2D eigenvalue weighted by atomic mass is 10.2. The van der Waals surface area contributed by atoms with Gasteiger partial charge in [0.05, 0.1) is 17.1 Å². The van der Waals surface area contributed by atoms with Crippen LogP contribution in [-0.2, 0) is 11.2 Å². The Morgan fingerprint density at radius 1 is 1.25 bits per heavy atom. The van der Waals surface area contributed by atoms with Gasteiger partial charge in [-0.2, -0.15) is 0 Å². The average molecular weight is 310 g/mol. The number of aromatic nitrogens is 1. The minimum atomic E-state index is -0.399. The van der Waals surface area contributed by atoms with E-state index in [9.17, 15) is 9.59 Å². The number of carbonyl (C=O) groups excluding carboxylic acids is 2. The van der Waals surface area contributed by atoms with Crippen LogP contribution in [0.1, 0.15) is 21.1 Å². The number of hydrazine groups is 1. The van der Waals surface area contributed by atoms with Crippen LogP contribution < -0.4 is 10.9 Å². The van der Waals surface area contributed by atoms with E-state index in [1.54, 1.807) is 24.3 Å². The average Bonchev–Trinajstić information content (AvgIpc) is 2.82. The predicted octanol–water partition coefficient (Wildman–Crippen LogP) is 2.11. The van der Waals surface area contributed by atoms with Crippen LogP contribution in [0.5, 0.6) is 0 Å². The number of nitrogens with one attached hydrogen (secondary N) is 2. The standard InChI is InChI=1S/C13H12ClN3O2S/c1-8-15-11(7-20-8)6-12(18)16-17-13(19)9-2-4-10(14)5-3-9/h2-5,7H,6H2,1H3,(H,16,18)(H,17,19). The topological polar surface area (TPSA) is 71.1 Å². The van der Waals surface area contributed by atoms with Gasteiger partial charge in [0.2, 0.25) is 5.91 Å². The SMILES string of the molecule is Cc1nc(CC(=O)NNC(=O)c2ccc(Cl)cc2)cs1. The summed E-state index contributed by atoms with van der Waals surface area (Å²) in [5, 5.41) is 3.26. The second kappa shape index (κ2) is 6.49. The number of aryl methyl sites for hydroxylation is 1. The molecule has 2 amide bonds. The molecular formula is C13H12ClN3O2S. The van der Waals surface area contributed by atoms with Crippen molar-refractivity contribution in [3.05, 3.63) is 50.9 Å². The highest BCUT2D eigenvalue weighted by Crippen LogP contribution is 2.09. The van der Waals surface area contributed by atoms with Crippen molar-refractivity contribution in [2.75, 3.05) is 0 Å². The predicted molar refractivity (Wildman–Crippen MR) is 77.6 cm³/mol. The number of rotatable bonds is 3. The van der Waals surface area contributed by atoms with Crippen LogP contribution in [-0.4, -0.2) is 16.8 Å². The summed E-state index contributed by atoms with van der Waals surface area (Å²) in [6, 6.07) is 6.37. The van der Waals surface area contributed by atoms with E-state index in [2.05, 4.69) is 15.8 Å². The number of benzene rings is 1. The zero-order chi connectivity index (χ0) is 14.5. The third-order valence-electron chi connectivity index (χ3n) is 2.43. The zero-order valence-corrected chi connectivity index (χ0v) is 12.2. The molecule has 0 aliphatic carbocycles. The quantitative estimate of drug-likeness (QED) is 0.853. The Bertz CT molecular complexity index is 625. The molecule has 0 bridgehead atoms. The van der Waals surface area contributed by atoms with E-state index in [1.165, 1.54) is 11.3 Å². The van der Waals surface area contributed by atoms with E-state index < -0.39 is 5.91 Å². The van der Waals surface area contributed by atoms with Gasteiger partial charge < -0.3 is 0 Å². The fourth-order valence-corrected chi connectivity index (χ4v) is 2.24. The molecule has 0 saturated carbocycles. The van der Waals surface area contributed by atoms with Gasteiger partial charge in [0.15, 0.2) is 0 Å². The van der Waals surface area contributed by atoms with Gasteiger partial charge in [0.25, 0.3) is 5.91 Å². The first-order chi connectivity index (χ1) is 9.54. The van der Waals surface area contributed by atoms with Crippen LogP contribution in [0.15, 0.2) is 29.6 Å². The summed E-state index contributed by atoms with van der Waals surface area (Å²) in [6.07, 6.45) is 0.130. The maximum absolute atomic E-state index is 11.7. The fourth-order valence-electron chi connectivity index (χ4n) is 1.50. The molecule has 0 aliphatic heterocycles. The van der Waals surface area contributed by atoms with Crippen molar-refractivity contribution < 1.29 is 9.59 Å². The Labute approximate surface area is 125 Å². The van der Waals surface area contributed by atoms with Crippen LogP contribution in [0.2, 0.25) is 5.02 Å². The summed E-state index contributed by atoms with van der Waals surface area (Å²) in [6.45, 7) is 1.87. The minimum Gasteiger partial charge on any atom is -0.273 e. The molecule has 5 nitrogen and oxygen atoms in total. The first kappa shape index (κ1) is 14.5. The number of hydrogen-bond acceptors (Lipinski definition) is 4. The molecule has 0 atom stereocenters. The van der Waals surface area contributed by atoms with Gasteiger partial charge in [-0.3, -0.25) is 20.4 Å². The lowest BCUT2D eigenvalue weighted by Crippen LogP contribution is -2.42. The molecule has 0 radical (unpaired) electrons. The lowest BCUT2D eigenvalue weighted by Gasteiger charge is -2.06. The van der Waals surface area contributed by atoms with Gasteiger partial charge in [0.1, 0.15) is 0 Å². The van der Waals surface area contributed by atoms with Crippen LogP contribution in [0, 0.1) is 6.92 Å². The summed E-state index contributed by atoms with van der Waals surface area (Å²) in [5.74, 6) is -0.720. The van der Waals surface area contributed by atoms with Gasteiger partial charge in [-0.25, -0.2) is 4.98 Å². The van der Waals surface area contributed by atoms with Crippen LogP contribution in [0.3, 0.4) is 0 Å². The van der Waals surface area contributed by atoms with E-state index in [-0.39, 0.29) is 12.3 Å². The number of carbonyl (C=O) groups is 2. The van der Waals surface area contributed by atoms with E-state index in [0.29, 0.717) is 16.3 Å². The lowest BCUT2D eigenvalue weighted by molar-refractivity contribution is -0.121. The number of halogens is 1. The second-order valence-corrected chi connectivity index (χ2v) is 5.54. The highest BCUT2D eigenvalue weighted by Gasteiger charge is 2.09. The van der Waals surface area contributed by atoms with E-state index in [0.717, 1.165) is 5.01 Å². The molecule has 2 N–H and O–H groups in total. The van der Waals surface area contributed by atoms with Crippen molar-refractivity contribution >= 4 is 34.8 Å². The molecule has 0 fully saturated rings. The van der Waals surface area contributed by atoms with E-state index >= 15 is 0 Å². The maximum atomic E-state index is 11.7. The highest BCUT2D eigenvalue weighted by atomic mass is 35.5. The molecule has 0 spiro atoms. The van der Waals surface area contributed by atoms with Gasteiger partial charge in [-0.05, 0) is 31.2 Å². The number of amides is 2. The molecule has 20 heavy (non-hydrogen) atoms. The zero-order valence-electron chi connectivity index (χ0n) is 10.6. The molecule has 1 aromatic carbocycles. The molecule has 104 valence electrons. The van der Waals surface area contributed by atoms with Crippen LogP contribution in [0.4, 0.5) is 0 Å². The van der Waals surface area contributed by atoms with Crippen molar-refractivity contribution in [2.45, 2.75) is 13.3 Å². The summed E-state index contributed by atoms with van der Waals surface area (Å²) < 4.78 is 0. The van der Waals surface area contributed by atoms with Gasteiger partial charge in [0, 0.05) is 16.0 Å². The first-order valence-electron chi connectivity index (χ1n) is 5.80. The molecule has 0 saturated heterocycles. The van der Waals surface area contributed by atoms with Crippen molar-refractivity contribution in [3.8, 4) is 0 Å². The second-order valence-electron chi connectivity index (χ2n) is 4.04. The van der Waals surface area contributed by atoms with E-state index in [4.69, 9.17) is 11.6 Å². The Morgan fingerprint density at radius 3 is 2.55 bits per heavy atom. The maximum Gasteiger partial charge on any atom is 0.269 e. The van der Waals surface area contributed by atoms with Gasteiger partial charge >= 0.3 is 0 Å². The van der Waals surface area contributed by atoms with Crippen molar-refractivity contribution in [1.82, 2.24) is 15.8 Å². The number of hydrogen-bond donors (Lipinski definition) is 2. The van der Waals surface area contributed by atoms with Gasteiger partial charge in [-0.15, -0.1) is 11.3 Å². The van der Waals surface area contributed by atoms with Crippen LogP contribution in [0.25, 0.3) is 0 Å². The molecule has 1 aromatic heterocycles. The summed E-state index contributed by atoms with van der Waals surface area (Å²) >= 11 is 7.21. The summed E-state index contributed by atoms with van der Waals surface area (Å²) in [4.78, 5) is 27.5. The van der Waals surface area contributed by atoms with E-state index in [1.807, 2.05) is 12.3 Å². The minimum absolute atomic E-state index is 0.130. The molecule has 0 unspecified atom stereocenters. The summed E-state index contributed by atoms with van der Waals surface area (Å²) in [5.41, 5.74) is 5.79. The first-order valence-corrected chi connectivity index (χ1v) is 7.06. The third kappa shape index (κ3) is 4.04. The number of thiazole rings is 1. The Kier molecular flexibility index (Phi) is 4.70. The molecule has 0 aliphatic rings. The fraction of sp³-hybridized carbons (Fsp3) is 0.154. The normalized spacial score (nSPS) is 10.1. The van der Waals surface area contributed by atoms with Gasteiger partial charge in [-0.1, -0.05) is 11.6 Å². The number of nitrogens with zero attached hydrogens (tertiary/aromatic N) is 1. The Hall–Kier alpha value is -1.92. The van der Waals surface area contributed by atoms with Crippen molar-refractivity contribution in [2.24, 2.45) is 0 Å². The summed E-state index contributed by atoms with van der Waals surface area (Å²) in [7, 11) is 0. The molecular weight excluding hydrogens is 298 g/mol. The third-order valence-corrected chi connectivity index (χ3v) is 3.50. The van der Waals surface area contributed by atoms with Crippen LogP contribution >= 0.6 is 22.9 Å². The van der Waals surface area contributed by atoms with Crippen molar-refractivity contribution in [1.29, 1.82) is 0 Å². The highest BCUT2D eigenvalue weighted by molar-refractivity contribution is 7.09. The monoisotopic (exact) mass is 309 g/mol. The largest absolute Gasteiger partial charge is 0.273 e. The molecule has 1 heterocycles. The smallest absolute Gasteiger partial charge is 0.269 e. The Morgan fingerprint density at radius 2 is 1.95 bits per heavy atom. The molecule has 2 aromatic rings. The van der Waals surface area contributed by atoms with Crippen molar-refractivity contribution in [3.63, 3.8) is 0 Å². The Balaban J connectivity index is 1.84.